The predicted molar refractivity (Wildman–Crippen MR) is 166 cm³/mol. The molecule has 0 spiro atoms. The Kier molecular flexibility index (Phi) is 6.70. The average Bonchev–Trinajstić information content (AvgIpc) is 3.49. The zero-order chi connectivity index (χ0) is 29.7. The summed E-state index contributed by atoms with van der Waals surface area (Å²) in [5.74, 6) is 0.445. The summed E-state index contributed by atoms with van der Waals surface area (Å²) in [6.07, 6.45) is 4.42. The summed E-state index contributed by atoms with van der Waals surface area (Å²) >= 11 is 0. The van der Waals surface area contributed by atoms with Crippen LogP contribution in [-0.4, -0.2) is 40.6 Å². The van der Waals surface area contributed by atoms with E-state index in [1.807, 2.05) is 6.20 Å². The number of benzene rings is 4. The number of methoxy groups -OCH3 is 1. The summed E-state index contributed by atoms with van der Waals surface area (Å²) < 4.78 is 18.0. The minimum atomic E-state index is -0.353. The first kappa shape index (κ1) is 26.9. The molecule has 8 nitrogen and oxygen atoms in total. The van der Waals surface area contributed by atoms with Gasteiger partial charge in [0.25, 0.3) is 0 Å². The fraction of sp³-hybridized carbons (Fsp3) is 0.229. The standard InChI is InChI=1S/C35H31NO7/c1-41-35-32(40)26(16-20-6-7-21-17-27-24(12-13-36-27)25-5-2-4-23(20)30(21)25)33-31(34(35)42-15-3-14-37)28(39)18-29(43-33)19-8-10-22(38)11-9-19/h2,4-5,8-13,17-18,20,36-38,40H,3,6-7,14-16H2,1H3/t20-/m0/s1. The normalized spacial score (nSPS) is 14.5. The number of aliphatic hydroxyl groups is 1. The lowest BCUT2D eigenvalue weighted by atomic mass is 9.77. The number of aliphatic hydroxyl groups excluding tert-OH is 1. The Labute approximate surface area is 246 Å². The van der Waals surface area contributed by atoms with E-state index in [-0.39, 0.29) is 58.5 Å². The van der Waals surface area contributed by atoms with Crippen LogP contribution >= 0.6 is 0 Å². The highest BCUT2D eigenvalue weighted by molar-refractivity contribution is 6.09. The van der Waals surface area contributed by atoms with Crippen molar-refractivity contribution in [3.8, 4) is 34.3 Å². The third-order valence-electron chi connectivity index (χ3n) is 8.52. The van der Waals surface area contributed by atoms with Crippen LogP contribution in [0.3, 0.4) is 0 Å². The van der Waals surface area contributed by atoms with Gasteiger partial charge in [-0.3, -0.25) is 4.79 Å². The van der Waals surface area contributed by atoms with Crippen LogP contribution < -0.4 is 14.9 Å². The van der Waals surface area contributed by atoms with Gasteiger partial charge < -0.3 is 34.2 Å². The number of fused-ring (bicyclic) bond motifs is 3. The lowest BCUT2D eigenvalue weighted by Crippen LogP contribution is -2.14. The maximum atomic E-state index is 13.8. The molecule has 0 fully saturated rings. The van der Waals surface area contributed by atoms with Crippen LogP contribution in [0.25, 0.3) is 44.0 Å². The van der Waals surface area contributed by atoms with Gasteiger partial charge in [-0.05, 0) is 83.5 Å². The summed E-state index contributed by atoms with van der Waals surface area (Å²) in [7, 11) is 1.43. The summed E-state index contributed by atoms with van der Waals surface area (Å²) in [4.78, 5) is 17.1. The molecule has 0 saturated carbocycles. The summed E-state index contributed by atoms with van der Waals surface area (Å²) in [6.45, 7) is 0.0304. The molecular weight excluding hydrogens is 546 g/mol. The van der Waals surface area contributed by atoms with Gasteiger partial charge in [0.15, 0.2) is 16.9 Å². The first-order valence-electron chi connectivity index (χ1n) is 14.4. The SMILES string of the molecule is COc1c(O)c(C[C@@H]2CCc3cc4[nH]ccc4c4cccc2c34)c2oc(-c3ccc(O)cc3)cc(=O)c2c1OCCCO. The summed E-state index contributed by atoms with van der Waals surface area (Å²) in [6, 6.07) is 18.5. The molecule has 1 aliphatic rings. The number of rotatable bonds is 8. The van der Waals surface area contributed by atoms with Crippen LogP contribution in [0.4, 0.5) is 0 Å². The minimum Gasteiger partial charge on any atom is -0.508 e. The van der Waals surface area contributed by atoms with Gasteiger partial charge >= 0.3 is 0 Å². The maximum absolute atomic E-state index is 13.8. The van der Waals surface area contributed by atoms with Crippen molar-refractivity contribution in [2.24, 2.45) is 0 Å². The monoisotopic (exact) mass is 577 g/mol. The second-order valence-corrected chi connectivity index (χ2v) is 11.0. The van der Waals surface area contributed by atoms with Gasteiger partial charge in [0, 0.05) is 47.3 Å². The number of aromatic amines is 1. The van der Waals surface area contributed by atoms with Crippen LogP contribution in [0.2, 0.25) is 0 Å². The van der Waals surface area contributed by atoms with Gasteiger partial charge in [-0.15, -0.1) is 0 Å². The minimum absolute atomic E-state index is 0.0372. The van der Waals surface area contributed by atoms with Gasteiger partial charge in [-0.1, -0.05) is 18.2 Å². The van der Waals surface area contributed by atoms with E-state index in [0.29, 0.717) is 29.7 Å². The Balaban J connectivity index is 1.43. The second kappa shape index (κ2) is 10.7. The van der Waals surface area contributed by atoms with Gasteiger partial charge in [-0.25, -0.2) is 0 Å². The molecule has 4 aromatic carbocycles. The van der Waals surface area contributed by atoms with Crippen LogP contribution in [0.15, 0.2) is 76.1 Å². The van der Waals surface area contributed by atoms with Crippen molar-refractivity contribution >= 4 is 32.6 Å². The number of ether oxygens (including phenoxy) is 2. The highest BCUT2D eigenvalue weighted by atomic mass is 16.5. The number of aromatic hydroxyl groups is 2. The number of hydrogen-bond donors (Lipinski definition) is 4. The van der Waals surface area contributed by atoms with Crippen LogP contribution in [0.5, 0.6) is 23.0 Å². The van der Waals surface area contributed by atoms with Crippen molar-refractivity contribution in [1.82, 2.24) is 4.98 Å². The Bertz CT molecular complexity index is 2060. The van der Waals surface area contributed by atoms with E-state index in [1.54, 1.807) is 12.1 Å². The molecule has 0 saturated heterocycles. The highest BCUT2D eigenvalue weighted by Gasteiger charge is 2.30. The number of aryl methyl sites for hydroxylation is 1. The van der Waals surface area contributed by atoms with Crippen molar-refractivity contribution in [3.63, 3.8) is 0 Å². The van der Waals surface area contributed by atoms with E-state index in [4.69, 9.17) is 13.9 Å². The molecule has 0 radical (unpaired) electrons. The number of phenols is 2. The van der Waals surface area contributed by atoms with E-state index in [2.05, 4.69) is 35.3 Å². The van der Waals surface area contributed by atoms with Gasteiger partial charge in [0.05, 0.1) is 13.7 Å². The average molecular weight is 578 g/mol. The van der Waals surface area contributed by atoms with Crippen LogP contribution in [-0.2, 0) is 12.8 Å². The third-order valence-corrected chi connectivity index (χ3v) is 8.52. The topological polar surface area (TPSA) is 125 Å². The third kappa shape index (κ3) is 4.46. The zero-order valence-corrected chi connectivity index (χ0v) is 23.6. The Morgan fingerprint density at radius 1 is 1.00 bits per heavy atom. The number of hydrogen-bond acceptors (Lipinski definition) is 7. The molecule has 6 aromatic rings. The molecule has 1 atom stereocenters. The van der Waals surface area contributed by atoms with Gasteiger partial charge in [0.2, 0.25) is 5.75 Å². The fourth-order valence-corrected chi connectivity index (χ4v) is 6.53. The van der Waals surface area contributed by atoms with Crippen LogP contribution in [0.1, 0.15) is 35.4 Å². The molecule has 218 valence electrons. The van der Waals surface area contributed by atoms with Crippen molar-refractivity contribution in [2.75, 3.05) is 20.3 Å². The van der Waals surface area contributed by atoms with Crippen LogP contribution in [0, 0.1) is 0 Å². The second-order valence-electron chi connectivity index (χ2n) is 11.0. The Hall–Kier alpha value is -4.95. The first-order chi connectivity index (χ1) is 21.0. The number of phenolic OH excluding ortho intramolecular Hbond substituents is 2. The molecule has 0 amide bonds. The molecule has 1 aliphatic carbocycles. The van der Waals surface area contributed by atoms with E-state index in [1.165, 1.54) is 52.6 Å². The quantitative estimate of drug-likeness (QED) is 0.151. The summed E-state index contributed by atoms with van der Waals surface area (Å²) in [5, 5.41) is 34.6. The van der Waals surface area contributed by atoms with Crippen molar-refractivity contribution in [1.29, 1.82) is 0 Å². The maximum Gasteiger partial charge on any atom is 0.204 e. The Morgan fingerprint density at radius 2 is 1.84 bits per heavy atom. The van der Waals surface area contributed by atoms with Gasteiger partial charge in [-0.2, -0.15) is 0 Å². The number of H-pyrrole nitrogens is 1. The predicted octanol–water partition coefficient (Wildman–Crippen LogP) is 6.55. The van der Waals surface area contributed by atoms with E-state index >= 15 is 0 Å². The highest BCUT2D eigenvalue weighted by Crippen LogP contribution is 2.49. The van der Waals surface area contributed by atoms with E-state index in [9.17, 15) is 20.1 Å². The molecule has 0 aliphatic heterocycles. The van der Waals surface area contributed by atoms with Gasteiger partial charge in [0.1, 0.15) is 22.5 Å². The molecule has 7 rings (SSSR count). The van der Waals surface area contributed by atoms with E-state index < -0.39 is 0 Å². The van der Waals surface area contributed by atoms with Crippen molar-refractivity contribution in [3.05, 3.63) is 93.8 Å². The number of aromatic nitrogens is 1. The molecule has 0 bridgehead atoms. The molecule has 8 heteroatoms. The molecule has 4 N–H and O–H groups in total. The zero-order valence-electron chi connectivity index (χ0n) is 23.6. The molecule has 0 unspecified atom stereocenters. The molecule has 2 aromatic heterocycles. The molecule has 43 heavy (non-hydrogen) atoms. The van der Waals surface area contributed by atoms with E-state index in [0.717, 1.165) is 18.4 Å². The lowest BCUT2D eigenvalue weighted by molar-refractivity contribution is 0.228. The Morgan fingerprint density at radius 3 is 2.63 bits per heavy atom. The van der Waals surface area contributed by atoms with Crippen molar-refractivity contribution in [2.45, 2.75) is 31.6 Å². The molecule has 2 heterocycles. The first-order valence-corrected chi connectivity index (χ1v) is 14.4. The largest absolute Gasteiger partial charge is 0.508 e. The number of nitrogens with one attached hydrogen (secondary N) is 1. The fourth-order valence-electron chi connectivity index (χ4n) is 6.53. The smallest absolute Gasteiger partial charge is 0.204 e. The lowest BCUT2D eigenvalue weighted by Gasteiger charge is -2.27. The summed E-state index contributed by atoms with van der Waals surface area (Å²) in [5.41, 5.74) is 4.54. The molecular formula is C35H31NO7. The van der Waals surface area contributed by atoms with Crippen molar-refractivity contribution < 1.29 is 29.2 Å².